The minimum absolute atomic E-state index is 0.0905. The van der Waals surface area contributed by atoms with E-state index in [0.29, 0.717) is 19.3 Å². The summed E-state index contributed by atoms with van der Waals surface area (Å²) in [6.07, 6.45) is 96.3. The first kappa shape index (κ1) is 77.8. The smallest absolute Gasteiger partial charge is 0.306 e. The molecule has 1 unspecified atom stereocenters. The highest BCUT2D eigenvalue weighted by Gasteiger charge is 2.19. The predicted molar refractivity (Wildman–Crippen MR) is 357 cm³/mol. The summed E-state index contributed by atoms with van der Waals surface area (Å²) < 4.78 is 17.0. The van der Waals surface area contributed by atoms with E-state index in [0.717, 1.165) is 128 Å². The van der Waals surface area contributed by atoms with Crippen LogP contribution in [0.1, 0.15) is 323 Å². The fourth-order valence-corrected chi connectivity index (χ4v) is 9.51. The molecule has 6 nitrogen and oxygen atoms in total. The summed E-state index contributed by atoms with van der Waals surface area (Å²) in [5, 5.41) is 0. The third kappa shape index (κ3) is 66.6. The summed E-state index contributed by atoms with van der Waals surface area (Å²) in [4.78, 5) is 38.5. The van der Waals surface area contributed by atoms with E-state index in [1.165, 1.54) is 154 Å². The normalized spacial score (nSPS) is 12.9. The molecule has 6 heteroatoms. The average molecular weight is 1140 g/mol. The summed E-state index contributed by atoms with van der Waals surface area (Å²) >= 11 is 0. The van der Waals surface area contributed by atoms with Crippen molar-refractivity contribution in [3.63, 3.8) is 0 Å². The SMILES string of the molecule is CC/C=C\C/C=C\C/C=C\C/C=C\C/C=C\CCCCCCCCCC(=O)OCC(COC(=O)CCCCCCCCC/C=C\C/C=C\CCCCCC)OC(=O)CCCCCCCCCC/C=C\C/C=C\C/C=C\CCCCCCC. The molecule has 0 saturated carbocycles. The molecule has 0 N–H and O–H groups in total. The number of ether oxygens (including phenoxy) is 3. The van der Waals surface area contributed by atoms with Crippen LogP contribution < -0.4 is 0 Å². The Kier molecular flexibility index (Phi) is 65.8. The Labute approximate surface area is 507 Å². The van der Waals surface area contributed by atoms with E-state index < -0.39 is 6.10 Å². The quantitative estimate of drug-likeness (QED) is 0.0261. The first-order valence-corrected chi connectivity index (χ1v) is 34.5. The number of carbonyl (C=O) groups excluding carboxylic acids is 3. The molecule has 1 atom stereocenters. The molecule has 0 spiro atoms. The number of unbranched alkanes of at least 4 members (excludes halogenated alkanes) is 31. The van der Waals surface area contributed by atoms with Crippen LogP contribution in [0.25, 0.3) is 0 Å². The van der Waals surface area contributed by atoms with Crippen molar-refractivity contribution < 1.29 is 28.6 Å². The van der Waals surface area contributed by atoms with Crippen LogP contribution in [-0.4, -0.2) is 37.2 Å². The minimum atomic E-state index is -0.796. The van der Waals surface area contributed by atoms with Gasteiger partial charge < -0.3 is 14.2 Å². The molecule has 0 radical (unpaired) electrons. The maximum absolute atomic E-state index is 13.0. The second-order valence-corrected chi connectivity index (χ2v) is 22.7. The topological polar surface area (TPSA) is 78.9 Å². The van der Waals surface area contributed by atoms with Gasteiger partial charge in [0.25, 0.3) is 0 Å². The largest absolute Gasteiger partial charge is 0.462 e. The van der Waals surface area contributed by atoms with E-state index in [2.05, 4.69) is 142 Å². The maximum Gasteiger partial charge on any atom is 0.306 e. The third-order valence-corrected chi connectivity index (χ3v) is 14.7. The van der Waals surface area contributed by atoms with E-state index in [4.69, 9.17) is 14.2 Å². The molecule has 0 aliphatic heterocycles. The average Bonchev–Trinajstić information content (AvgIpc) is 3.47. The zero-order chi connectivity index (χ0) is 59.2. The Bertz CT molecular complexity index is 1690. The Morgan fingerprint density at radius 3 is 0.756 bits per heavy atom. The molecule has 0 aliphatic carbocycles. The number of hydrogen-bond acceptors (Lipinski definition) is 6. The molecule has 0 aliphatic rings. The second-order valence-electron chi connectivity index (χ2n) is 22.7. The van der Waals surface area contributed by atoms with E-state index in [1.54, 1.807) is 0 Å². The second kappa shape index (κ2) is 69.3. The van der Waals surface area contributed by atoms with Gasteiger partial charge in [0.05, 0.1) is 0 Å². The standard InChI is InChI=1S/C76H128O6/c1-4-7-10-13-16-19-22-25-28-31-34-36-38-40-42-45-48-51-54-57-60-63-66-69-75(78)81-72-73(71-80-74(77)68-65-62-59-56-53-50-47-44-33-30-27-24-21-18-15-12-9-6-3)82-76(79)70-67-64-61-58-55-52-49-46-43-41-39-37-35-32-29-26-23-20-17-14-11-8-5-2/h7,10,16,19,21,23-26,28,30,32-36,39-42,73H,4-6,8-9,11-15,17-18,20,22,27,29,31,37-38,43-72H2,1-3H3/b10-7-,19-16-,24-21-,26-23-,28-25-,33-30-,35-32-,36-34-,41-39-,42-40-. The van der Waals surface area contributed by atoms with Gasteiger partial charge in [0.1, 0.15) is 13.2 Å². The molecule has 0 aromatic carbocycles. The van der Waals surface area contributed by atoms with E-state index in [9.17, 15) is 14.4 Å². The van der Waals surface area contributed by atoms with Crippen LogP contribution in [0.3, 0.4) is 0 Å². The van der Waals surface area contributed by atoms with Crippen LogP contribution in [-0.2, 0) is 28.6 Å². The molecule has 82 heavy (non-hydrogen) atoms. The first-order chi connectivity index (χ1) is 40.5. The Hall–Kier alpha value is -4.19. The Morgan fingerprint density at radius 2 is 0.476 bits per heavy atom. The van der Waals surface area contributed by atoms with Crippen LogP contribution in [0, 0.1) is 0 Å². The lowest BCUT2D eigenvalue weighted by Gasteiger charge is -2.18. The molecule has 0 amide bonds. The zero-order valence-electron chi connectivity index (χ0n) is 53.7. The van der Waals surface area contributed by atoms with E-state index >= 15 is 0 Å². The van der Waals surface area contributed by atoms with Gasteiger partial charge in [0.2, 0.25) is 0 Å². The summed E-state index contributed by atoms with van der Waals surface area (Å²) in [5.74, 6) is -0.907. The first-order valence-electron chi connectivity index (χ1n) is 34.5. The maximum atomic E-state index is 13.0. The van der Waals surface area contributed by atoms with Crippen LogP contribution in [0.5, 0.6) is 0 Å². The minimum Gasteiger partial charge on any atom is -0.462 e. The fourth-order valence-electron chi connectivity index (χ4n) is 9.51. The van der Waals surface area contributed by atoms with Crippen molar-refractivity contribution in [1.82, 2.24) is 0 Å². The number of rotatable bonds is 62. The molecule has 0 fully saturated rings. The van der Waals surface area contributed by atoms with Gasteiger partial charge in [0.15, 0.2) is 6.10 Å². The summed E-state index contributed by atoms with van der Waals surface area (Å²) in [7, 11) is 0. The van der Waals surface area contributed by atoms with Gasteiger partial charge in [-0.2, -0.15) is 0 Å². The van der Waals surface area contributed by atoms with Crippen molar-refractivity contribution in [1.29, 1.82) is 0 Å². The summed E-state index contributed by atoms with van der Waals surface area (Å²) in [5.41, 5.74) is 0. The summed E-state index contributed by atoms with van der Waals surface area (Å²) in [6.45, 7) is 6.50. The lowest BCUT2D eigenvalue weighted by molar-refractivity contribution is -0.167. The molecule has 0 saturated heterocycles. The number of hydrogen-bond donors (Lipinski definition) is 0. The third-order valence-electron chi connectivity index (χ3n) is 14.7. The predicted octanol–water partition coefficient (Wildman–Crippen LogP) is 23.9. The van der Waals surface area contributed by atoms with Crippen molar-refractivity contribution >= 4 is 17.9 Å². The van der Waals surface area contributed by atoms with Crippen LogP contribution in [0.2, 0.25) is 0 Å². The van der Waals surface area contributed by atoms with Gasteiger partial charge in [-0.25, -0.2) is 0 Å². The molecule has 0 heterocycles. The summed E-state index contributed by atoms with van der Waals surface area (Å²) in [6, 6.07) is 0. The van der Waals surface area contributed by atoms with Crippen molar-refractivity contribution in [2.24, 2.45) is 0 Å². The van der Waals surface area contributed by atoms with Gasteiger partial charge in [0, 0.05) is 19.3 Å². The van der Waals surface area contributed by atoms with Crippen LogP contribution in [0.4, 0.5) is 0 Å². The zero-order valence-corrected chi connectivity index (χ0v) is 53.7. The molecule has 0 aromatic rings. The number of allylic oxidation sites excluding steroid dienone is 20. The monoisotopic (exact) mass is 1140 g/mol. The molecule has 468 valence electrons. The molecular formula is C76H128O6. The molecular weight excluding hydrogens is 1010 g/mol. The Morgan fingerprint density at radius 1 is 0.256 bits per heavy atom. The van der Waals surface area contributed by atoms with E-state index in [-0.39, 0.29) is 31.1 Å². The van der Waals surface area contributed by atoms with Crippen molar-refractivity contribution in [2.75, 3.05) is 13.2 Å². The van der Waals surface area contributed by atoms with Crippen LogP contribution in [0.15, 0.2) is 122 Å². The highest BCUT2D eigenvalue weighted by Crippen LogP contribution is 2.16. The van der Waals surface area contributed by atoms with E-state index in [1.807, 2.05) is 0 Å². The lowest BCUT2D eigenvalue weighted by atomic mass is 10.1. The molecule has 0 rings (SSSR count). The van der Waals surface area contributed by atoms with Crippen molar-refractivity contribution in [3.05, 3.63) is 122 Å². The van der Waals surface area contributed by atoms with Crippen LogP contribution >= 0.6 is 0 Å². The Balaban J connectivity index is 4.44. The highest BCUT2D eigenvalue weighted by molar-refractivity contribution is 5.71. The van der Waals surface area contributed by atoms with Crippen molar-refractivity contribution in [2.45, 2.75) is 329 Å². The van der Waals surface area contributed by atoms with Crippen molar-refractivity contribution in [3.8, 4) is 0 Å². The van der Waals surface area contributed by atoms with Gasteiger partial charge in [-0.15, -0.1) is 0 Å². The molecule has 0 aromatic heterocycles. The molecule has 0 bridgehead atoms. The highest BCUT2D eigenvalue weighted by atomic mass is 16.6. The van der Waals surface area contributed by atoms with Gasteiger partial charge in [-0.1, -0.05) is 290 Å². The fraction of sp³-hybridized carbons (Fsp3) is 0.697. The lowest BCUT2D eigenvalue weighted by Crippen LogP contribution is -2.30. The van der Waals surface area contributed by atoms with Gasteiger partial charge in [-0.05, 0) is 135 Å². The number of esters is 3. The van der Waals surface area contributed by atoms with Gasteiger partial charge in [-0.3, -0.25) is 14.4 Å². The van der Waals surface area contributed by atoms with Gasteiger partial charge >= 0.3 is 17.9 Å². The number of carbonyl (C=O) groups is 3.